The molecule has 0 aliphatic heterocycles. The average Bonchev–Trinajstić information content (AvgIpc) is 2.87. The number of Topliss-reactive ketones (excluding diaryl/α,β-unsaturated/α-hetero) is 1. The Morgan fingerprint density at radius 1 is 1.00 bits per heavy atom. The predicted octanol–water partition coefficient (Wildman–Crippen LogP) is 2.79. The number of aromatic hydroxyl groups is 1. The summed E-state index contributed by atoms with van der Waals surface area (Å²) in [6, 6.07) is 8.46. The number of aryl methyl sites for hydroxylation is 1. The van der Waals surface area contributed by atoms with Gasteiger partial charge in [-0.1, -0.05) is 36.2 Å². The number of benzene rings is 2. The summed E-state index contributed by atoms with van der Waals surface area (Å²) in [7, 11) is 6.95. The number of aliphatic hydroxyl groups excluding tert-OH is 3. The zero-order valence-electron chi connectivity index (χ0n) is 23.4. The fraction of sp³-hybridized carbons (Fsp3) is 0.367. The maximum Gasteiger partial charge on any atom is 0.255 e. The number of nitrogens with two attached hydrogens (primary N) is 1. The van der Waals surface area contributed by atoms with Crippen molar-refractivity contribution in [3.8, 4) is 16.9 Å². The molecule has 6 N–H and O–H groups in total. The van der Waals surface area contributed by atoms with Gasteiger partial charge in [-0.15, -0.1) is 0 Å². The number of carbonyl (C=O) groups is 3. The van der Waals surface area contributed by atoms with E-state index in [4.69, 9.17) is 5.73 Å². The van der Waals surface area contributed by atoms with Crippen LogP contribution in [0.15, 0.2) is 47.7 Å². The van der Waals surface area contributed by atoms with Crippen LogP contribution in [0.5, 0.6) is 5.75 Å². The second-order valence-electron chi connectivity index (χ2n) is 10.5. The number of phenolic OH excluding ortho intramolecular Hbond substituents is 1. The third-order valence-corrected chi connectivity index (χ3v) is 7.12. The minimum Gasteiger partial charge on any atom is -0.510 e. The maximum absolute atomic E-state index is 13.0. The zero-order chi connectivity index (χ0) is 29.9. The first-order chi connectivity index (χ1) is 18.8. The number of carbonyl (C=O) groups excluding carboxylic acids is 3. The fourth-order valence-corrected chi connectivity index (χ4v) is 4.95. The lowest BCUT2D eigenvalue weighted by atomic mass is 9.89. The van der Waals surface area contributed by atoms with E-state index in [-0.39, 0.29) is 11.3 Å². The molecule has 214 valence electrons. The lowest BCUT2D eigenvalue weighted by Gasteiger charge is -2.26. The quantitative estimate of drug-likeness (QED) is 0.284. The Hall–Kier alpha value is -4.15. The molecule has 10 heteroatoms. The summed E-state index contributed by atoms with van der Waals surface area (Å²) in [4.78, 5) is 41.5. The molecule has 1 aliphatic carbocycles. The predicted molar refractivity (Wildman–Crippen MR) is 153 cm³/mol. The SMILES string of the molecule is Cc1ccc(-c2cc(N(C)C)c3c(c2O)C(O)=CC(=O)[C@H](O)C(=O)/C(C(N)=O)=C(/O)[C@@H](N(C)C)CCCC3)cc1. The van der Waals surface area contributed by atoms with Gasteiger partial charge in [-0.3, -0.25) is 19.3 Å². The first-order valence-corrected chi connectivity index (χ1v) is 13.0. The smallest absolute Gasteiger partial charge is 0.255 e. The van der Waals surface area contributed by atoms with Crippen LogP contribution in [0.4, 0.5) is 5.69 Å². The number of likely N-dealkylation sites (N-methyl/N-ethyl adjacent to an activating group) is 1. The highest BCUT2D eigenvalue weighted by Gasteiger charge is 2.35. The second-order valence-corrected chi connectivity index (χ2v) is 10.5. The number of hydrogen-bond donors (Lipinski definition) is 5. The van der Waals surface area contributed by atoms with Crippen LogP contribution < -0.4 is 10.6 Å². The van der Waals surface area contributed by atoms with E-state index in [2.05, 4.69) is 0 Å². The van der Waals surface area contributed by atoms with E-state index in [1.54, 1.807) is 19.0 Å². The van der Waals surface area contributed by atoms with E-state index in [1.165, 1.54) is 0 Å². The third-order valence-electron chi connectivity index (χ3n) is 7.12. The van der Waals surface area contributed by atoms with E-state index >= 15 is 0 Å². The van der Waals surface area contributed by atoms with Gasteiger partial charge in [0.05, 0.1) is 11.6 Å². The average molecular weight is 552 g/mol. The van der Waals surface area contributed by atoms with Crippen LogP contribution in [0.25, 0.3) is 16.9 Å². The van der Waals surface area contributed by atoms with Crippen LogP contribution in [-0.2, 0) is 20.8 Å². The number of fused-ring (bicyclic) bond motifs is 1. The molecule has 1 aliphatic rings. The van der Waals surface area contributed by atoms with Gasteiger partial charge in [-0.05, 0) is 57.5 Å². The molecule has 1 amide bonds. The largest absolute Gasteiger partial charge is 0.510 e. The summed E-state index contributed by atoms with van der Waals surface area (Å²) in [5.41, 5.74) is 7.89. The molecule has 10 nitrogen and oxygen atoms in total. The van der Waals surface area contributed by atoms with Crippen molar-refractivity contribution < 1.29 is 34.8 Å². The van der Waals surface area contributed by atoms with Gasteiger partial charge in [0.25, 0.3) is 5.91 Å². The van der Waals surface area contributed by atoms with Gasteiger partial charge < -0.3 is 31.1 Å². The number of primary amides is 1. The van der Waals surface area contributed by atoms with Crippen molar-refractivity contribution in [2.45, 2.75) is 44.8 Å². The van der Waals surface area contributed by atoms with Crippen molar-refractivity contribution in [2.24, 2.45) is 5.73 Å². The van der Waals surface area contributed by atoms with Crippen molar-refractivity contribution >= 4 is 28.9 Å². The van der Waals surface area contributed by atoms with Crippen LogP contribution in [0, 0.1) is 6.92 Å². The normalized spacial score (nSPS) is 21.0. The Balaban J connectivity index is 2.28. The fourth-order valence-electron chi connectivity index (χ4n) is 4.95. The number of ketones is 2. The van der Waals surface area contributed by atoms with Gasteiger partial charge in [0.15, 0.2) is 11.9 Å². The Kier molecular flexibility index (Phi) is 9.39. The van der Waals surface area contributed by atoms with E-state index in [0.717, 1.165) is 5.56 Å². The highest BCUT2D eigenvalue weighted by atomic mass is 16.3. The molecular formula is C30H37N3O7. The topological polar surface area (TPSA) is 165 Å². The second kappa shape index (κ2) is 12.4. The number of aliphatic hydroxyl groups is 3. The molecule has 0 bridgehead atoms. The van der Waals surface area contributed by atoms with Gasteiger partial charge in [0.2, 0.25) is 5.78 Å². The number of nitrogens with zero attached hydrogens (tertiary/aromatic N) is 2. The Bertz CT molecular complexity index is 1370. The van der Waals surface area contributed by atoms with E-state index in [9.17, 15) is 34.8 Å². The van der Waals surface area contributed by atoms with E-state index in [1.807, 2.05) is 56.3 Å². The molecule has 2 aromatic rings. The van der Waals surface area contributed by atoms with Crippen molar-refractivity contribution in [1.29, 1.82) is 0 Å². The van der Waals surface area contributed by atoms with Gasteiger partial charge >= 0.3 is 0 Å². The first-order valence-electron chi connectivity index (χ1n) is 13.0. The molecule has 0 spiro atoms. The summed E-state index contributed by atoms with van der Waals surface area (Å²) in [6.45, 7) is 1.93. The van der Waals surface area contributed by atoms with Crippen LogP contribution in [0.3, 0.4) is 0 Å². The monoisotopic (exact) mass is 551 g/mol. The van der Waals surface area contributed by atoms with Gasteiger partial charge in [0, 0.05) is 31.4 Å². The van der Waals surface area contributed by atoms with Crippen molar-refractivity contribution in [2.75, 3.05) is 33.1 Å². The summed E-state index contributed by atoms with van der Waals surface area (Å²) in [5.74, 6) is -5.46. The number of hydrogen-bond acceptors (Lipinski definition) is 9. The molecule has 3 rings (SSSR count). The van der Waals surface area contributed by atoms with Crippen LogP contribution in [-0.4, -0.2) is 83.1 Å². The standard InChI is InChI=1S/C30H37N3O7/c1-16-10-12-17(13-11-16)19-14-21(33(4)5)18-8-6-7-9-20(32(2)3)27(37)25(30(31)40)29(39)28(38)23(35)15-22(34)24(18)26(19)36/h10-15,20,28,34,36-38H,6-9H2,1-5H3,(H2,31,40)/b22-15?,27-25-/t20-,28-/m0/s1. The van der Waals surface area contributed by atoms with Gasteiger partial charge in [0.1, 0.15) is 22.8 Å². The maximum atomic E-state index is 13.0. The summed E-state index contributed by atoms with van der Waals surface area (Å²) in [5, 5.41) is 44.0. The van der Waals surface area contributed by atoms with Crippen molar-refractivity contribution in [3.63, 3.8) is 0 Å². The first kappa shape index (κ1) is 30.4. The summed E-state index contributed by atoms with van der Waals surface area (Å²) in [6.07, 6.45) is -0.0219. The Morgan fingerprint density at radius 3 is 2.17 bits per heavy atom. The van der Waals surface area contributed by atoms with Gasteiger partial charge in [-0.2, -0.15) is 0 Å². The molecular weight excluding hydrogens is 514 g/mol. The van der Waals surface area contributed by atoms with E-state index < -0.39 is 46.7 Å². The number of rotatable bonds is 4. The van der Waals surface area contributed by atoms with Crippen molar-refractivity contribution in [1.82, 2.24) is 4.90 Å². The highest BCUT2D eigenvalue weighted by Crippen LogP contribution is 2.43. The number of amides is 1. The van der Waals surface area contributed by atoms with Crippen LogP contribution >= 0.6 is 0 Å². The molecule has 0 fully saturated rings. The molecule has 0 unspecified atom stereocenters. The molecule has 0 saturated carbocycles. The summed E-state index contributed by atoms with van der Waals surface area (Å²) >= 11 is 0. The number of anilines is 1. The lowest BCUT2D eigenvalue weighted by molar-refractivity contribution is -0.134. The molecule has 2 atom stereocenters. The number of phenols is 1. The molecule has 0 aromatic heterocycles. The Labute approximate surface area is 233 Å². The summed E-state index contributed by atoms with van der Waals surface area (Å²) < 4.78 is 0. The molecule has 2 aromatic carbocycles. The minimum absolute atomic E-state index is 0.00417. The molecule has 0 radical (unpaired) electrons. The Morgan fingerprint density at radius 2 is 1.62 bits per heavy atom. The van der Waals surface area contributed by atoms with Crippen LogP contribution in [0.1, 0.15) is 36.0 Å². The third kappa shape index (κ3) is 6.19. The van der Waals surface area contributed by atoms with E-state index in [0.29, 0.717) is 54.1 Å². The van der Waals surface area contributed by atoms with Crippen LogP contribution in [0.2, 0.25) is 0 Å². The molecule has 40 heavy (non-hydrogen) atoms. The highest BCUT2D eigenvalue weighted by molar-refractivity contribution is 6.27. The van der Waals surface area contributed by atoms with Gasteiger partial charge in [-0.25, -0.2) is 0 Å². The lowest BCUT2D eigenvalue weighted by Crippen LogP contribution is -2.39. The minimum atomic E-state index is -2.42. The van der Waals surface area contributed by atoms with Crippen molar-refractivity contribution in [3.05, 3.63) is 64.4 Å². The molecule has 0 heterocycles. The zero-order valence-corrected chi connectivity index (χ0v) is 23.4. The molecule has 0 saturated heterocycles.